The Kier molecular flexibility index (Phi) is 2.98. The van der Waals surface area contributed by atoms with Gasteiger partial charge in [-0.15, -0.1) is 0 Å². The molecule has 0 radical (unpaired) electrons. The fourth-order valence-corrected chi connectivity index (χ4v) is 1.20. The van der Waals surface area contributed by atoms with Crippen LogP contribution in [-0.4, -0.2) is 16.6 Å². The highest BCUT2D eigenvalue weighted by atomic mass is 19.1. The second-order valence-electron chi connectivity index (χ2n) is 4.37. The molecule has 0 bridgehead atoms. The van der Waals surface area contributed by atoms with Crippen molar-refractivity contribution in [1.82, 2.24) is 0 Å². The van der Waals surface area contributed by atoms with Crippen molar-refractivity contribution < 1.29 is 14.3 Å². The summed E-state index contributed by atoms with van der Waals surface area (Å²) in [5.74, 6) is -1.98. The van der Waals surface area contributed by atoms with Crippen LogP contribution in [0.1, 0.15) is 31.1 Å². The maximum Gasteiger partial charge on any atom is 0.338 e. The van der Waals surface area contributed by atoms with E-state index in [2.05, 4.69) is 5.32 Å². The lowest BCUT2D eigenvalue weighted by molar-refractivity contribution is 0.0692. The second-order valence-corrected chi connectivity index (χ2v) is 4.37. The zero-order valence-electron chi connectivity index (χ0n) is 8.97. The number of carboxylic acid groups (broad SMARTS) is 1. The number of nitrogens with one attached hydrogen (secondary N) is 1. The lowest BCUT2D eigenvalue weighted by Crippen LogP contribution is -2.26. The van der Waals surface area contributed by atoms with Gasteiger partial charge in [-0.2, -0.15) is 0 Å². The number of aromatic carboxylic acids is 1. The first kappa shape index (κ1) is 11.5. The van der Waals surface area contributed by atoms with E-state index >= 15 is 0 Å². The van der Waals surface area contributed by atoms with Crippen molar-refractivity contribution in [3.63, 3.8) is 0 Å². The van der Waals surface area contributed by atoms with Gasteiger partial charge >= 0.3 is 5.97 Å². The first-order valence-corrected chi connectivity index (χ1v) is 4.60. The van der Waals surface area contributed by atoms with Crippen LogP contribution in [0.5, 0.6) is 0 Å². The van der Waals surface area contributed by atoms with E-state index in [1.165, 1.54) is 12.1 Å². The molecule has 0 aliphatic carbocycles. The van der Waals surface area contributed by atoms with Crippen molar-refractivity contribution in [2.45, 2.75) is 26.3 Å². The number of rotatable bonds is 2. The molecule has 0 spiro atoms. The minimum atomic E-state index is -1.25. The van der Waals surface area contributed by atoms with Crippen LogP contribution in [0.15, 0.2) is 18.2 Å². The zero-order valence-corrected chi connectivity index (χ0v) is 8.97. The van der Waals surface area contributed by atoms with Gasteiger partial charge in [0, 0.05) is 11.2 Å². The standard InChI is InChI=1S/C11H14FNO2/c1-11(2,3)13-7-4-5-8(10(14)15)9(12)6-7/h4-6,13H,1-3H3,(H,14,15). The predicted octanol–water partition coefficient (Wildman–Crippen LogP) is 2.73. The number of hydrogen-bond donors (Lipinski definition) is 2. The van der Waals surface area contributed by atoms with E-state index < -0.39 is 11.8 Å². The van der Waals surface area contributed by atoms with Gasteiger partial charge in [-0.25, -0.2) is 9.18 Å². The fraction of sp³-hybridized carbons (Fsp3) is 0.364. The molecule has 0 amide bonds. The van der Waals surface area contributed by atoms with Crippen molar-refractivity contribution in [2.75, 3.05) is 5.32 Å². The van der Waals surface area contributed by atoms with Gasteiger partial charge in [0.15, 0.2) is 0 Å². The molecule has 0 fully saturated rings. The second kappa shape index (κ2) is 3.88. The van der Waals surface area contributed by atoms with E-state index in [9.17, 15) is 9.18 Å². The molecule has 1 aromatic rings. The third kappa shape index (κ3) is 3.23. The minimum absolute atomic E-state index is 0.183. The molecule has 1 rings (SSSR count). The van der Waals surface area contributed by atoms with E-state index in [0.717, 1.165) is 0 Å². The van der Waals surface area contributed by atoms with Gasteiger partial charge < -0.3 is 10.4 Å². The van der Waals surface area contributed by atoms with Gasteiger partial charge in [0.05, 0.1) is 5.56 Å². The summed E-state index contributed by atoms with van der Waals surface area (Å²) in [4.78, 5) is 10.6. The van der Waals surface area contributed by atoms with E-state index in [0.29, 0.717) is 5.69 Å². The Morgan fingerprint density at radius 1 is 1.40 bits per heavy atom. The Labute approximate surface area is 87.9 Å². The molecule has 3 nitrogen and oxygen atoms in total. The van der Waals surface area contributed by atoms with Crippen molar-refractivity contribution in [3.8, 4) is 0 Å². The van der Waals surface area contributed by atoms with Crippen LogP contribution in [0.4, 0.5) is 10.1 Å². The quantitative estimate of drug-likeness (QED) is 0.790. The Bertz CT molecular complexity index is 383. The van der Waals surface area contributed by atoms with E-state index in [4.69, 9.17) is 5.11 Å². The van der Waals surface area contributed by atoms with Gasteiger partial charge in [0.1, 0.15) is 5.82 Å². The summed E-state index contributed by atoms with van der Waals surface area (Å²) in [6.07, 6.45) is 0. The highest BCUT2D eigenvalue weighted by molar-refractivity contribution is 5.88. The van der Waals surface area contributed by atoms with Gasteiger partial charge in [-0.05, 0) is 39.0 Å². The van der Waals surface area contributed by atoms with E-state index in [1.54, 1.807) is 6.07 Å². The van der Waals surface area contributed by atoms with Crippen LogP contribution in [-0.2, 0) is 0 Å². The van der Waals surface area contributed by atoms with Crippen LogP contribution in [0.25, 0.3) is 0 Å². The number of benzene rings is 1. The Morgan fingerprint density at radius 2 is 2.00 bits per heavy atom. The normalized spacial score (nSPS) is 11.2. The van der Waals surface area contributed by atoms with Gasteiger partial charge in [0.2, 0.25) is 0 Å². The van der Waals surface area contributed by atoms with Crippen LogP contribution < -0.4 is 5.32 Å². The monoisotopic (exact) mass is 211 g/mol. The average Bonchev–Trinajstić information content (AvgIpc) is 1.99. The number of hydrogen-bond acceptors (Lipinski definition) is 2. The molecule has 0 saturated carbocycles. The summed E-state index contributed by atoms with van der Waals surface area (Å²) in [7, 11) is 0. The summed E-state index contributed by atoms with van der Waals surface area (Å²) in [6, 6.07) is 4.00. The predicted molar refractivity (Wildman–Crippen MR) is 56.7 cm³/mol. The molecule has 2 N–H and O–H groups in total. The summed E-state index contributed by atoms with van der Waals surface area (Å²) >= 11 is 0. The molecule has 0 saturated heterocycles. The molecule has 82 valence electrons. The average molecular weight is 211 g/mol. The molecular formula is C11H14FNO2. The maximum absolute atomic E-state index is 13.3. The molecule has 1 aromatic carbocycles. The minimum Gasteiger partial charge on any atom is -0.478 e. The molecular weight excluding hydrogens is 197 g/mol. The molecule has 0 atom stereocenters. The van der Waals surface area contributed by atoms with Crippen LogP contribution >= 0.6 is 0 Å². The van der Waals surface area contributed by atoms with Crippen molar-refractivity contribution >= 4 is 11.7 Å². The number of carbonyl (C=O) groups is 1. The van der Waals surface area contributed by atoms with Crippen LogP contribution in [0, 0.1) is 5.82 Å². The Balaban J connectivity index is 2.97. The van der Waals surface area contributed by atoms with E-state index in [-0.39, 0.29) is 11.1 Å². The van der Waals surface area contributed by atoms with E-state index in [1.807, 2.05) is 20.8 Å². The van der Waals surface area contributed by atoms with Gasteiger partial charge in [-0.3, -0.25) is 0 Å². The highest BCUT2D eigenvalue weighted by Gasteiger charge is 2.13. The SMILES string of the molecule is CC(C)(C)Nc1ccc(C(=O)O)c(F)c1. The molecule has 0 unspecified atom stereocenters. The third-order valence-corrected chi connectivity index (χ3v) is 1.72. The molecule has 0 aliphatic heterocycles. The molecule has 0 aliphatic rings. The van der Waals surface area contributed by atoms with Crippen molar-refractivity contribution in [1.29, 1.82) is 0 Å². The number of anilines is 1. The fourth-order valence-electron chi connectivity index (χ4n) is 1.20. The Hall–Kier alpha value is -1.58. The largest absolute Gasteiger partial charge is 0.478 e. The maximum atomic E-state index is 13.3. The number of carboxylic acids is 1. The molecule has 4 heteroatoms. The van der Waals surface area contributed by atoms with Gasteiger partial charge in [-0.1, -0.05) is 0 Å². The third-order valence-electron chi connectivity index (χ3n) is 1.72. The smallest absolute Gasteiger partial charge is 0.338 e. The van der Waals surface area contributed by atoms with Gasteiger partial charge in [0.25, 0.3) is 0 Å². The zero-order chi connectivity index (χ0) is 11.6. The summed E-state index contributed by atoms with van der Waals surface area (Å²) < 4.78 is 13.3. The Morgan fingerprint density at radius 3 is 2.40 bits per heavy atom. The molecule has 0 heterocycles. The first-order valence-electron chi connectivity index (χ1n) is 4.60. The first-order chi connectivity index (χ1) is 6.79. The lowest BCUT2D eigenvalue weighted by Gasteiger charge is -2.22. The van der Waals surface area contributed by atoms with Crippen molar-refractivity contribution in [3.05, 3.63) is 29.6 Å². The molecule has 15 heavy (non-hydrogen) atoms. The summed E-state index contributed by atoms with van der Waals surface area (Å²) in [5.41, 5.74) is 0.0800. The highest BCUT2D eigenvalue weighted by Crippen LogP contribution is 2.18. The van der Waals surface area contributed by atoms with Crippen LogP contribution in [0.3, 0.4) is 0 Å². The molecule has 0 aromatic heterocycles. The van der Waals surface area contributed by atoms with Crippen molar-refractivity contribution in [2.24, 2.45) is 0 Å². The number of halogens is 1. The topological polar surface area (TPSA) is 49.3 Å². The van der Waals surface area contributed by atoms with Crippen LogP contribution in [0.2, 0.25) is 0 Å². The lowest BCUT2D eigenvalue weighted by atomic mass is 10.1. The summed E-state index contributed by atoms with van der Waals surface area (Å²) in [5, 5.41) is 11.7. The summed E-state index contributed by atoms with van der Waals surface area (Å²) in [6.45, 7) is 5.82.